The Balaban J connectivity index is 2.84. The summed E-state index contributed by atoms with van der Waals surface area (Å²) in [7, 11) is 0. The van der Waals surface area contributed by atoms with Gasteiger partial charge in [0.05, 0.1) is 0 Å². The summed E-state index contributed by atoms with van der Waals surface area (Å²) in [5.41, 5.74) is 2.79. The average molecular weight is 190 g/mol. The average Bonchev–Trinajstić information content (AvgIpc) is 2.27. The molecule has 0 radical (unpaired) electrons. The van der Waals surface area contributed by atoms with Crippen LogP contribution < -0.4 is 0 Å². The van der Waals surface area contributed by atoms with Crippen molar-refractivity contribution in [1.29, 1.82) is 0 Å². The normalized spacial score (nSPS) is 9.53. The monoisotopic (exact) mass is 190 g/mol. The van der Waals surface area contributed by atoms with Gasteiger partial charge in [-0.3, -0.25) is 0 Å². The molecule has 2 rings (SSSR count). The Bertz CT molecular complexity index is 604. The predicted octanol–water partition coefficient (Wildman–Crippen LogP) is 3.11. The fourth-order valence-electron chi connectivity index (χ4n) is 1.66. The third-order valence-corrected chi connectivity index (χ3v) is 2.44. The second-order valence-corrected chi connectivity index (χ2v) is 3.54. The summed E-state index contributed by atoms with van der Waals surface area (Å²) in [6.07, 6.45) is 10.8. The van der Waals surface area contributed by atoms with Crippen LogP contribution in [-0.4, -0.2) is 0 Å². The van der Waals surface area contributed by atoms with E-state index in [0.717, 1.165) is 21.9 Å². The maximum absolute atomic E-state index is 5.41. The summed E-state index contributed by atoms with van der Waals surface area (Å²) in [4.78, 5) is 0. The van der Waals surface area contributed by atoms with E-state index in [-0.39, 0.29) is 0 Å². The topological polar surface area (TPSA) is 0 Å². The Kier molecular flexibility index (Phi) is 2.20. The maximum atomic E-state index is 5.41. The molecule has 0 heteroatoms. The van der Waals surface area contributed by atoms with Gasteiger partial charge < -0.3 is 0 Å². The lowest BCUT2D eigenvalue weighted by Crippen LogP contribution is -1.85. The van der Waals surface area contributed by atoms with Crippen LogP contribution in [0.1, 0.15) is 16.7 Å². The highest BCUT2D eigenvalue weighted by Crippen LogP contribution is 2.20. The Morgan fingerprint density at radius 3 is 2.07 bits per heavy atom. The fourth-order valence-corrected chi connectivity index (χ4v) is 1.66. The molecule has 15 heavy (non-hydrogen) atoms. The molecular weight excluding hydrogens is 180 g/mol. The van der Waals surface area contributed by atoms with Crippen LogP contribution in [0.3, 0.4) is 0 Å². The first-order valence-corrected chi connectivity index (χ1v) is 4.72. The molecule has 0 unspecified atom stereocenters. The zero-order valence-corrected chi connectivity index (χ0v) is 8.54. The van der Waals surface area contributed by atoms with Gasteiger partial charge >= 0.3 is 0 Å². The highest BCUT2D eigenvalue weighted by molar-refractivity contribution is 5.86. The van der Waals surface area contributed by atoms with E-state index in [2.05, 4.69) is 37.0 Å². The van der Waals surface area contributed by atoms with Crippen molar-refractivity contribution < 1.29 is 0 Å². The van der Waals surface area contributed by atoms with Gasteiger partial charge in [0, 0.05) is 11.1 Å². The van der Waals surface area contributed by atoms with E-state index in [1.807, 2.05) is 12.1 Å². The Hall–Kier alpha value is -2.18. The van der Waals surface area contributed by atoms with E-state index in [0.29, 0.717) is 0 Å². The quantitative estimate of drug-likeness (QED) is 0.560. The first-order valence-electron chi connectivity index (χ1n) is 4.72. The van der Waals surface area contributed by atoms with Gasteiger partial charge in [0.25, 0.3) is 0 Å². The number of hydrogen-bond donors (Lipinski definition) is 0. The zero-order chi connectivity index (χ0) is 10.8. The number of benzene rings is 2. The molecule has 70 valence electrons. The molecule has 0 nitrogen and oxygen atoms in total. The Labute approximate surface area is 89.9 Å². The van der Waals surface area contributed by atoms with Crippen molar-refractivity contribution in [2.24, 2.45) is 0 Å². The van der Waals surface area contributed by atoms with Gasteiger partial charge in [-0.15, -0.1) is 12.8 Å². The lowest BCUT2D eigenvalue weighted by molar-refractivity contribution is 1.50. The van der Waals surface area contributed by atoms with Crippen molar-refractivity contribution >= 4 is 10.8 Å². The van der Waals surface area contributed by atoms with E-state index in [1.54, 1.807) is 0 Å². The van der Waals surface area contributed by atoms with Crippen LogP contribution in [-0.2, 0) is 0 Å². The van der Waals surface area contributed by atoms with Crippen molar-refractivity contribution in [2.75, 3.05) is 0 Å². The number of terminal acetylenes is 2. The minimum Gasteiger partial charge on any atom is -0.115 e. The van der Waals surface area contributed by atoms with Crippen LogP contribution in [0.5, 0.6) is 0 Å². The highest BCUT2D eigenvalue weighted by atomic mass is 14.0. The summed E-state index contributed by atoms with van der Waals surface area (Å²) in [5.74, 6) is 5.23. The van der Waals surface area contributed by atoms with Crippen LogP contribution in [0, 0.1) is 31.6 Å². The van der Waals surface area contributed by atoms with Crippen LogP contribution in [0.25, 0.3) is 10.8 Å². The standard InChI is InChI=1S/C15H10/c1-4-12-9-14-7-6-11(3)8-15(14)10-13(12)5-2/h1-2,6-10H,3H3. The summed E-state index contributed by atoms with van der Waals surface area (Å²) in [6, 6.07) is 10.2. The van der Waals surface area contributed by atoms with E-state index in [9.17, 15) is 0 Å². The van der Waals surface area contributed by atoms with Gasteiger partial charge in [-0.25, -0.2) is 0 Å². The minimum atomic E-state index is 0.786. The third-order valence-electron chi connectivity index (χ3n) is 2.44. The molecule has 0 bridgehead atoms. The summed E-state index contributed by atoms with van der Waals surface area (Å²) in [5, 5.41) is 2.27. The maximum Gasteiger partial charge on any atom is 0.0405 e. The SMILES string of the molecule is C#Cc1cc2ccc(C)cc2cc1C#C. The molecule has 0 fully saturated rings. The Morgan fingerprint density at radius 1 is 0.867 bits per heavy atom. The fraction of sp³-hybridized carbons (Fsp3) is 0.0667. The molecule has 0 N–H and O–H groups in total. The van der Waals surface area contributed by atoms with Crippen molar-refractivity contribution in [3.05, 3.63) is 47.0 Å². The largest absolute Gasteiger partial charge is 0.115 e. The second-order valence-electron chi connectivity index (χ2n) is 3.54. The van der Waals surface area contributed by atoms with Crippen LogP contribution in [0.2, 0.25) is 0 Å². The van der Waals surface area contributed by atoms with Crippen molar-refractivity contribution in [1.82, 2.24) is 0 Å². The van der Waals surface area contributed by atoms with Crippen molar-refractivity contribution in [3.8, 4) is 24.7 Å². The van der Waals surface area contributed by atoms with Gasteiger partial charge in [0.1, 0.15) is 0 Å². The highest BCUT2D eigenvalue weighted by Gasteiger charge is 2.00. The molecule has 0 aliphatic carbocycles. The summed E-state index contributed by atoms with van der Waals surface area (Å²) >= 11 is 0. The zero-order valence-electron chi connectivity index (χ0n) is 8.54. The predicted molar refractivity (Wildman–Crippen MR) is 64.6 cm³/mol. The molecular formula is C15H10. The van der Waals surface area contributed by atoms with Crippen LogP contribution in [0.15, 0.2) is 30.3 Å². The molecule has 0 aliphatic rings. The molecule has 0 atom stereocenters. The van der Waals surface area contributed by atoms with Crippen molar-refractivity contribution in [2.45, 2.75) is 6.92 Å². The lowest BCUT2D eigenvalue weighted by Gasteiger charge is -2.03. The first-order chi connectivity index (χ1) is 7.24. The summed E-state index contributed by atoms with van der Waals surface area (Å²) in [6.45, 7) is 2.06. The molecule has 0 aliphatic heterocycles. The van der Waals surface area contributed by atoms with E-state index < -0.39 is 0 Å². The molecule has 0 saturated heterocycles. The molecule has 2 aromatic carbocycles. The van der Waals surface area contributed by atoms with Gasteiger partial charge in [0.15, 0.2) is 0 Å². The Morgan fingerprint density at radius 2 is 1.47 bits per heavy atom. The van der Waals surface area contributed by atoms with Crippen LogP contribution in [0.4, 0.5) is 0 Å². The van der Waals surface area contributed by atoms with Gasteiger partial charge in [-0.2, -0.15) is 0 Å². The van der Waals surface area contributed by atoms with Gasteiger partial charge in [-0.05, 0) is 29.8 Å². The second kappa shape index (κ2) is 3.52. The van der Waals surface area contributed by atoms with E-state index >= 15 is 0 Å². The van der Waals surface area contributed by atoms with Gasteiger partial charge in [-0.1, -0.05) is 35.6 Å². The third kappa shape index (κ3) is 1.58. The van der Waals surface area contributed by atoms with Gasteiger partial charge in [0.2, 0.25) is 0 Å². The molecule has 2 aromatic rings. The smallest absolute Gasteiger partial charge is 0.0405 e. The number of hydrogen-bond acceptors (Lipinski definition) is 0. The number of aryl methyl sites for hydroxylation is 1. The molecule has 0 heterocycles. The number of fused-ring (bicyclic) bond motifs is 1. The summed E-state index contributed by atoms with van der Waals surface area (Å²) < 4.78 is 0. The minimum absolute atomic E-state index is 0.786. The molecule has 0 aromatic heterocycles. The first kappa shape index (κ1) is 9.38. The van der Waals surface area contributed by atoms with Crippen molar-refractivity contribution in [3.63, 3.8) is 0 Å². The molecule has 0 saturated carbocycles. The van der Waals surface area contributed by atoms with Crippen LogP contribution >= 0.6 is 0 Å². The van der Waals surface area contributed by atoms with E-state index in [4.69, 9.17) is 12.8 Å². The molecule has 0 amide bonds. The number of rotatable bonds is 0. The molecule has 0 spiro atoms. The van der Waals surface area contributed by atoms with E-state index in [1.165, 1.54) is 5.56 Å². The lowest BCUT2D eigenvalue weighted by atomic mass is 10.0.